The molecule has 4 heterocycles. The molecule has 1 saturated heterocycles. The number of rotatable bonds is 3. The minimum atomic E-state index is -3.56. The Bertz CT molecular complexity index is 1270. The van der Waals surface area contributed by atoms with Crippen molar-refractivity contribution in [3.63, 3.8) is 0 Å². The molecule has 1 amide bonds. The summed E-state index contributed by atoms with van der Waals surface area (Å²) in [6.07, 6.45) is 3.88. The monoisotopic (exact) mass is 436 g/mol. The van der Waals surface area contributed by atoms with Crippen molar-refractivity contribution < 1.29 is 13.2 Å². The molecular formula is C23H24N4O3S. The fourth-order valence-corrected chi connectivity index (χ4v) is 6.12. The normalized spacial score (nSPS) is 17.8. The van der Waals surface area contributed by atoms with Crippen molar-refractivity contribution in [2.45, 2.75) is 37.0 Å². The second-order valence-electron chi connectivity index (χ2n) is 8.18. The molecule has 31 heavy (non-hydrogen) atoms. The molecule has 0 N–H and O–H groups in total. The lowest BCUT2D eigenvalue weighted by molar-refractivity contribution is -0.116. The summed E-state index contributed by atoms with van der Waals surface area (Å²) in [5.74, 6) is 0.205. The molecule has 0 radical (unpaired) electrons. The predicted molar refractivity (Wildman–Crippen MR) is 118 cm³/mol. The molecule has 5 rings (SSSR count). The molecule has 0 aliphatic carbocycles. The summed E-state index contributed by atoms with van der Waals surface area (Å²) >= 11 is 0. The van der Waals surface area contributed by atoms with Gasteiger partial charge < -0.3 is 4.90 Å². The van der Waals surface area contributed by atoms with E-state index >= 15 is 0 Å². The van der Waals surface area contributed by atoms with Crippen LogP contribution in [0.2, 0.25) is 0 Å². The Balaban J connectivity index is 1.32. The maximum Gasteiger partial charge on any atom is 0.243 e. The van der Waals surface area contributed by atoms with E-state index in [1.54, 1.807) is 33.6 Å². The van der Waals surface area contributed by atoms with Gasteiger partial charge in [-0.25, -0.2) is 18.4 Å². The van der Waals surface area contributed by atoms with Gasteiger partial charge >= 0.3 is 0 Å². The van der Waals surface area contributed by atoms with Gasteiger partial charge in [0.2, 0.25) is 15.9 Å². The van der Waals surface area contributed by atoms with Gasteiger partial charge in [-0.05, 0) is 67.3 Å². The molecule has 0 unspecified atom stereocenters. The Hall–Kier alpha value is -2.84. The lowest BCUT2D eigenvalue weighted by atomic mass is 9.94. The molecule has 1 fully saturated rings. The van der Waals surface area contributed by atoms with Crippen LogP contribution in [0.25, 0.3) is 11.0 Å². The van der Waals surface area contributed by atoms with Gasteiger partial charge in [0.05, 0.1) is 4.90 Å². The van der Waals surface area contributed by atoms with Gasteiger partial charge in [-0.15, -0.1) is 0 Å². The van der Waals surface area contributed by atoms with Crippen LogP contribution in [0, 0.1) is 0 Å². The number of benzene rings is 1. The van der Waals surface area contributed by atoms with Crippen molar-refractivity contribution in [2.24, 2.45) is 0 Å². The molecule has 8 heteroatoms. The highest BCUT2D eigenvalue weighted by Gasteiger charge is 2.32. The summed E-state index contributed by atoms with van der Waals surface area (Å²) in [4.78, 5) is 22.8. The predicted octanol–water partition coefficient (Wildman–Crippen LogP) is 3.11. The Morgan fingerprint density at radius 2 is 1.87 bits per heavy atom. The minimum absolute atomic E-state index is 0.0195. The van der Waals surface area contributed by atoms with Crippen LogP contribution in [-0.2, 0) is 21.2 Å². The average molecular weight is 437 g/mol. The molecule has 0 bridgehead atoms. The van der Waals surface area contributed by atoms with E-state index in [-0.39, 0.29) is 11.8 Å². The number of hydrogen-bond acceptors (Lipinski definition) is 5. The van der Waals surface area contributed by atoms with Crippen LogP contribution in [-0.4, -0.2) is 48.2 Å². The fourth-order valence-electron chi connectivity index (χ4n) is 4.60. The maximum absolute atomic E-state index is 13.2. The van der Waals surface area contributed by atoms with Crippen molar-refractivity contribution in [3.05, 3.63) is 59.9 Å². The molecular weight excluding hydrogens is 412 g/mol. The number of sulfonamides is 1. The lowest BCUT2D eigenvalue weighted by Crippen LogP contribution is -2.38. The van der Waals surface area contributed by atoms with Crippen LogP contribution >= 0.6 is 0 Å². The lowest BCUT2D eigenvalue weighted by Gasteiger charge is -2.31. The Labute approximate surface area is 181 Å². The van der Waals surface area contributed by atoms with Crippen LogP contribution in [0.3, 0.4) is 0 Å². The van der Waals surface area contributed by atoms with Crippen molar-refractivity contribution in [3.8, 4) is 0 Å². The van der Waals surface area contributed by atoms with Crippen molar-refractivity contribution in [1.29, 1.82) is 0 Å². The Morgan fingerprint density at radius 3 is 2.65 bits per heavy atom. The van der Waals surface area contributed by atoms with E-state index in [2.05, 4.69) is 4.98 Å². The first kappa shape index (κ1) is 20.1. The zero-order valence-electron chi connectivity index (χ0n) is 17.4. The Kier molecular flexibility index (Phi) is 4.98. The number of nitrogens with zero attached hydrogens (tertiary/aromatic N) is 4. The summed E-state index contributed by atoms with van der Waals surface area (Å²) in [6, 6.07) is 13.1. The van der Waals surface area contributed by atoms with Crippen LogP contribution in [0.5, 0.6) is 0 Å². The van der Waals surface area contributed by atoms with Crippen molar-refractivity contribution in [1.82, 2.24) is 14.3 Å². The van der Waals surface area contributed by atoms with Crippen molar-refractivity contribution >= 4 is 32.7 Å². The number of anilines is 1. The van der Waals surface area contributed by atoms with Crippen molar-refractivity contribution in [2.75, 3.05) is 24.5 Å². The van der Waals surface area contributed by atoms with E-state index in [0.29, 0.717) is 31.0 Å². The van der Waals surface area contributed by atoms with Gasteiger partial charge in [0.1, 0.15) is 0 Å². The summed E-state index contributed by atoms with van der Waals surface area (Å²) in [7, 11) is -3.56. The molecule has 0 spiro atoms. The van der Waals surface area contributed by atoms with E-state index in [4.69, 9.17) is 4.98 Å². The van der Waals surface area contributed by atoms with Crippen LogP contribution < -0.4 is 4.90 Å². The fraction of sp³-hybridized carbons (Fsp3) is 0.348. The van der Waals surface area contributed by atoms with Gasteiger partial charge in [-0.1, -0.05) is 0 Å². The van der Waals surface area contributed by atoms with Gasteiger partial charge in [0.15, 0.2) is 5.65 Å². The SMILES string of the molecule is CC(=O)N1CCc2cc(S(=O)(=O)N3CCC(c4ccc5cccnc5n4)CC3)ccc21. The second kappa shape index (κ2) is 7.69. The zero-order chi connectivity index (χ0) is 21.6. The molecule has 2 aromatic heterocycles. The highest BCUT2D eigenvalue weighted by molar-refractivity contribution is 7.89. The van der Waals surface area contributed by atoms with Crippen LogP contribution in [0.4, 0.5) is 5.69 Å². The van der Waals surface area contributed by atoms with Gasteiger partial charge in [0, 0.05) is 55.4 Å². The minimum Gasteiger partial charge on any atom is -0.312 e. The number of amides is 1. The topological polar surface area (TPSA) is 83.5 Å². The molecule has 7 nitrogen and oxygen atoms in total. The first-order valence-corrected chi connectivity index (χ1v) is 12.0. The maximum atomic E-state index is 13.2. The number of aromatic nitrogens is 2. The number of carbonyl (C=O) groups is 1. The van der Waals surface area contributed by atoms with E-state index in [9.17, 15) is 13.2 Å². The number of carbonyl (C=O) groups excluding carboxylic acids is 1. The molecule has 0 atom stereocenters. The van der Waals surface area contributed by atoms with Gasteiger partial charge in [0.25, 0.3) is 0 Å². The summed E-state index contributed by atoms with van der Waals surface area (Å²) in [5, 5.41) is 1.01. The highest BCUT2D eigenvalue weighted by atomic mass is 32.2. The van der Waals surface area contributed by atoms with Gasteiger partial charge in [-0.2, -0.15) is 4.31 Å². The van der Waals surface area contributed by atoms with Gasteiger partial charge in [-0.3, -0.25) is 4.79 Å². The molecule has 160 valence electrons. The number of pyridine rings is 2. The quantitative estimate of drug-likeness (QED) is 0.630. The molecule has 3 aromatic rings. The van der Waals surface area contributed by atoms with Crippen LogP contribution in [0.15, 0.2) is 53.6 Å². The zero-order valence-corrected chi connectivity index (χ0v) is 18.2. The third-order valence-corrected chi connectivity index (χ3v) is 8.22. The molecule has 2 aliphatic rings. The smallest absolute Gasteiger partial charge is 0.243 e. The summed E-state index contributed by atoms with van der Waals surface area (Å²) in [6.45, 7) is 3.06. The van der Waals surface area contributed by atoms with E-state index in [0.717, 1.165) is 40.8 Å². The third-order valence-electron chi connectivity index (χ3n) is 6.32. The first-order valence-electron chi connectivity index (χ1n) is 10.6. The molecule has 1 aromatic carbocycles. The first-order chi connectivity index (χ1) is 14.9. The number of piperidine rings is 1. The Morgan fingerprint density at radius 1 is 1.06 bits per heavy atom. The average Bonchev–Trinajstić information content (AvgIpc) is 3.22. The standard InChI is InChI=1S/C23H24N4O3S/c1-16(28)27-14-10-19-15-20(5-7-22(19)27)31(29,30)26-12-8-17(9-13-26)21-6-4-18-3-2-11-24-23(18)25-21/h2-7,11,15,17H,8-10,12-14H2,1H3. The second-order valence-corrected chi connectivity index (χ2v) is 10.1. The van der Waals surface area contributed by atoms with E-state index in [1.807, 2.05) is 24.3 Å². The van der Waals surface area contributed by atoms with E-state index in [1.165, 1.54) is 6.92 Å². The van der Waals surface area contributed by atoms with Crippen LogP contribution in [0.1, 0.15) is 36.9 Å². The number of fused-ring (bicyclic) bond motifs is 2. The third kappa shape index (κ3) is 3.59. The summed E-state index contributed by atoms with van der Waals surface area (Å²) in [5.41, 5.74) is 3.44. The summed E-state index contributed by atoms with van der Waals surface area (Å²) < 4.78 is 28.1. The number of hydrogen-bond donors (Lipinski definition) is 0. The van der Waals surface area contributed by atoms with E-state index < -0.39 is 10.0 Å². The largest absolute Gasteiger partial charge is 0.312 e. The molecule has 2 aliphatic heterocycles. The highest BCUT2D eigenvalue weighted by Crippen LogP contribution is 2.34. The molecule has 0 saturated carbocycles.